The van der Waals surface area contributed by atoms with Crippen molar-refractivity contribution in [2.75, 3.05) is 39.0 Å². The number of fused-ring (bicyclic) bond motifs is 1. The summed E-state index contributed by atoms with van der Waals surface area (Å²) in [6.07, 6.45) is 7.33. The number of hydrogen-bond acceptors (Lipinski definition) is 14. The van der Waals surface area contributed by atoms with Gasteiger partial charge in [0.2, 0.25) is 6.41 Å². The molecule has 16 nitrogen and oxygen atoms in total. The summed E-state index contributed by atoms with van der Waals surface area (Å²) >= 11 is 0.786. The van der Waals surface area contributed by atoms with Crippen molar-refractivity contribution in [1.29, 1.82) is 0 Å². The van der Waals surface area contributed by atoms with Gasteiger partial charge in [-0.2, -0.15) is 0 Å². The zero-order chi connectivity index (χ0) is 34.8. The number of nitrogens with two attached hydrogens (primary N) is 2. The van der Waals surface area contributed by atoms with E-state index in [-0.39, 0.29) is 31.3 Å². The second-order valence-corrected chi connectivity index (χ2v) is 11.3. The number of carbonyl (C=O) groups is 1. The molecule has 0 aliphatic carbocycles. The zero-order valence-electron chi connectivity index (χ0n) is 27.5. The molecular formula is C30H46N10O6S. The molecule has 3 heterocycles. The summed E-state index contributed by atoms with van der Waals surface area (Å²) in [5, 5.41) is 16.2. The van der Waals surface area contributed by atoms with Crippen LogP contribution in [0.5, 0.6) is 5.75 Å². The van der Waals surface area contributed by atoms with Crippen LogP contribution in [-0.4, -0.2) is 96.4 Å². The van der Waals surface area contributed by atoms with Gasteiger partial charge in [-0.3, -0.25) is 14.4 Å². The predicted octanol–water partition coefficient (Wildman–Crippen LogP) is 3.25. The van der Waals surface area contributed by atoms with E-state index in [1.807, 2.05) is 48.7 Å². The van der Waals surface area contributed by atoms with E-state index >= 15 is 0 Å². The van der Waals surface area contributed by atoms with E-state index in [4.69, 9.17) is 31.2 Å². The van der Waals surface area contributed by atoms with Crippen molar-refractivity contribution in [1.82, 2.24) is 28.7 Å². The third-order valence-electron chi connectivity index (χ3n) is 6.37. The summed E-state index contributed by atoms with van der Waals surface area (Å²) in [5.41, 5.74) is 13.8. The lowest BCUT2D eigenvalue weighted by molar-refractivity contribution is -0.127. The van der Waals surface area contributed by atoms with Gasteiger partial charge in [0.05, 0.1) is 19.0 Å². The number of aliphatic imine (C=N–C) groups is 1. The van der Waals surface area contributed by atoms with Crippen molar-refractivity contribution in [2.45, 2.75) is 65.1 Å². The number of aliphatic hydroxyl groups is 2. The molecule has 0 spiro atoms. The van der Waals surface area contributed by atoms with Crippen LogP contribution < -0.4 is 16.2 Å². The number of amides is 1. The van der Waals surface area contributed by atoms with Gasteiger partial charge in [-0.25, -0.2) is 19.3 Å². The number of rotatable bonds is 15. The highest BCUT2D eigenvalue weighted by Gasteiger charge is 2.29. The van der Waals surface area contributed by atoms with E-state index in [0.717, 1.165) is 25.0 Å². The van der Waals surface area contributed by atoms with Crippen LogP contribution in [0.1, 0.15) is 53.2 Å². The van der Waals surface area contributed by atoms with Crippen LogP contribution in [-0.2, 0) is 9.53 Å². The normalized spacial score (nSPS) is 16.6. The monoisotopic (exact) mass is 674 g/mol. The summed E-state index contributed by atoms with van der Waals surface area (Å²) in [4.78, 5) is 41.0. The molecule has 2 atom stereocenters. The molecule has 258 valence electrons. The van der Waals surface area contributed by atoms with E-state index in [0.29, 0.717) is 54.2 Å². The molecule has 1 amide bonds. The Hall–Kier alpha value is -4.16. The number of para-hydroxylation sites is 1. The van der Waals surface area contributed by atoms with E-state index in [9.17, 15) is 9.70 Å². The van der Waals surface area contributed by atoms with Gasteiger partial charge in [0, 0.05) is 36.5 Å². The molecule has 1 aliphatic rings. The molecule has 1 fully saturated rings. The van der Waals surface area contributed by atoms with Gasteiger partial charge < -0.3 is 36.1 Å². The molecule has 0 unspecified atom stereocenters. The lowest BCUT2D eigenvalue weighted by atomic mass is 10.1. The quantitative estimate of drug-likeness (QED) is 0.0455. The molecule has 47 heavy (non-hydrogen) atoms. The minimum Gasteiger partial charge on any atom is -0.492 e. The Labute approximate surface area is 279 Å². The lowest BCUT2D eigenvalue weighted by Gasteiger charge is -2.22. The number of anilines is 1. The summed E-state index contributed by atoms with van der Waals surface area (Å²) in [7, 11) is 1.56. The van der Waals surface area contributed by atoms with Gasteiger partial charge in [-0.05, 0) is 45.2 Å². The molecule has 0 radical (unpaired) electrons. The number of ether oxygens (including phenoxy) is 2. The number of hydrogen-bond donors (Lipinski definition) is 4. The lowest BCUT2D eigenvalue weighted by Crippen LogP contribution is -2.31. The fourth-order valence-electron chi connectivity index (χ4n) is 4.32. The van der Waals surface area contributed by atoms with Crippen molar-refractivity contribution in [3.63, 3.8) is 0 Å². The number of nitroso groups, excluding NO2 is 1. The predicted molar refractivity (Wildman–Crippen MR) is 183 cm³/mol. The SMILES string of the molecule is CC.CC(C)(O)O.CN=C(N)/C(=C\N(C=O)CCOc1ccccc1)CN(CC[C@@H]1CC[C@H](n2cnc3c(N)ncnc32)O1)SN=O. The van der Waals surface area contributed by atoms with Gasteiger partial charge in [-0.1, -0.05) is 32.0 Å². The van der Waals surface area contributed by atoms with Gasteiger partial charge >= 0.3 is 0 Å². The van der Waals surface area contributed by atoms with Gasteiger partial charge in [0.1, 0.15) is 48.4 Å². The Morgan fingerprint density at radius 3 is 2.53 bits per heavy atom. The maximum absolute atomic E-state index is 11.8. The minimum atomic E-state index is -1.50. The Kier molecular flexibility index (Phi) is 16.7. The number of nitrogens with zero attached hydrogens (tertiary/aromatic N) is 8. The molecule has 2 aromatic heterocycles. The maximum Gasteiger partial charge on any atom is 0.213 e. The largest absolute Gasteiger partial charge is 0.492 e. The molecule has 1 aromatic carbocycles. The minimum absolute atomic E-state index is 0.0531. The molecule has 4 rings (SSSR count). The topological polar surface area (TPSA) is 220 Å². The van der Waals surface area contributed by atoms with Crippen LogP contribution in [0.4, 0.5) is 5.82 Å². The molecule has 0 bridgehead atoms. The van der Waals surface area contributed by atoms with Crippen molar-refractivity contribution in [3.05, 3.63) is 59.7 Å². The first-order valence-corrected chi connectivity index (χ1v) is 15.9. The van der Waals surface area contributed by atoms with Gasteiger partial charge in [0.25, 0.3) is 0 Å². The van der Waals surface area contributed by atoms with Crippen LogP contribution in [0.2, 0.25) is 0 Å². The van der Waals surface area contributed by atoms with Crippen LogP contribution in [0.3, 0.4) is 0 Å². The first-order chi connectivity index (χ1) is 22.5. The highest BCUT2D eigenvalue weighted by Crippen LogP contribution is 2.32. The van der Waals surface area contributed by atoms with E-state index in [1.165, 1.54) is 25.1 Å². The molecule has 1 saturated heterocycles. The van der Waals surface area contributed by atoms with Crippen LogP contribution in [0, 0.1) is 4.91 Å². The zero-order valence-corrected chi connectivity index (χ0v) is 28.3. The molecule has 1 aliphatic heterocycles. The number of aromatic nitrogens is 4. The fourth-order valence-corrected chi connectivity index (χ4v) is 4.80. The summed E-state index contributed by atoms with van der Waals surface area (Å²) < 4.78 is 18.6. The second-order valence-electron chi connectivity index (χ2n) is 10.4. The Balaban J connectivity index is 0.00000100. The second kappa shape index (κ2) is 20.2. The average Bonchev–Trinajstić information content (AvgIpc) is 3.71. The Morgan fingerprint density at radius 2 is 1.89 bits per heavy atom. The third kappa shape index (κ3) is 13.6. The van der Waals surface area contributed by atoms with Gasteiger partial charge in [0.15, 0.2) is 17.3 Å². The first kappa shape index (κ1) is 39.0. The first-order valence-electron chi connectivity index (χ1n) is 15.1. The molecule has 0 saturated carbocycles. The Bertz CT molecular complexity index is 1430. The third-order valence-corrected chi connectivity index (χ3v) is 6.98. The fraction of sp³-hybridized carbons (Fsp3) is 0.500. The molecular weight excluding hydrogens is 628 g/mol. The molecule has 6 N–H and O–H groups in total. The summed E-state index contributed by atoms with van der Waals surface area (Å²) in [6.45, 7) is 7.91. The standard InChI is InChI=1S/C25H32N10O4S.C3H8O2.C2H6/c1-28-23(26)18(13-33(17-36)11-12-38-19-5-3-2-4-6-19)14-34(40-32-37)10-9-20-7-8-21(39-20)35-16-31-22-24(27)29-15-30-25(22)35;1-3(2,4)5;1-2/h2-6,13,15-17,20-21H,7-12,14H2,1H3,(H2,26,28)(H2,27,29,30);4-5H,1-2H3;1-2H3/b18-13-;;/t20-,21+;;/m0../s1. The van der Waals surface area contributed by atoms with Gasteiger partial charge in [-0.15, -0.1) is 4.91 Å². The van der Waals surface area contributed by atoms with Crippen molar-refractivity contribution in [3.8, 4) is 5.75 Å². The maximum atomic E-state index is 11.8. The number of benzene rings is 1. The Morgan fingerprint density at radius 1 is 1.19 bits per heavy atom. The summed E-state index contributed by atoms with van der Waals surface area (Å²) in [5.74, 6) is -0.220. The molecule has 3 aromatic rings. The average molecular weight is 675 g/mol. The smallest absolute Gasteiger partial charge is 0.213 e. The number of nitrogen functional groups attached to an aromatic ring is 1. The van der Waals surface area contributed by atoms with Crippen molar-refractivity contribution >= 4 is 41.4 Å². The highest BCUT2D eigenvalue weighted by atomic mass is 32.2. The molecule has 17 heteroatoms. The summed E-state index contributed by atoms with van der Waals surface area (Å²) in [6, 6.07) is 9.33. The van der Waals surface area contributed by atoms with Crippen LogP contribution >= 0.6 is 12.1 Å². The number of carbonyl (C=O) groups excluding carboxylic acids is 1. The van der Waals surface area contributed by atoms with Crippen molar-refractivity contribution in [2.24, 2.45) is 15.3 Å². The van der Waals surface area contributed by atoms with E-state index in [1.54, 1.807) is 23.9 Å². The number of amidine groups is 1. The van der Waals surface area contributed by atoms with E-state index in [2.05, 4.69) is 24.5 Å². The van der Waals surface area contributed by atoms with Crippen molar-refractivity contribution < 1.29 is 24.5 Å². The number of imidazole rings is 1. The van der Waals surface area contributed by atoms with Crippen LogP contribution in [0.25, 0.3) is 11.2 Å². The van der Waals surface area contributed by atoms with E-state index < -0.39 is 5.79 Å². The van der Waals surface area contributed by atoms with Crippen LogP contribution in [0.15, 0.2) is 64.3 Å². The highest BCUT2D eigenvalue weighted by molar-refractivity contribution is 7.95.